The number of nitrogens with one attached hydrogen (secondary N) is 2. The molecule has 0 radical (unpaired) electrons. The SMILES string of the molecule is O=C(CSc1nnc(Cc2ccccc2)n1Cc1ccc(Cl)cc1)Nc1sc2c(c1C(=O)NCc1ccccc1)CCCC2. The number of halogens is 1. The van der Waals surface area contributed by atoms with Gasteiger partial charge in [-0.05, 0) is 60.1 Å². The predicted octanol–water partition coefficient (Wildman–Crippen LogP) is 7.17. The quantitative estimate of drug-likeness (QED) is 0.149. The average Bonchev–Trinajstić information content (AvgIpc) is 3.60. The van der Waals surface area contributed by atoms with Crippen LogP contribution in [-0.4, -0.2) is 32.3 Å². The Morgan fingerprint density at radius 3 is 2.32 bits per heavy atom. The summed E-state index contributed by atoms with van der Waals surface area (Å²) in [5.74, 6) is 0.621. The van der Waals surface area contributed by atoms with Gasteiger partial charge in [0.2, 0.25) is 5.91 Å². The van der Waals surface area contributed by atoms with Crippen LogP contribution in [-0.2, 0) is 37.1 Å². The molecule has 224 valence electrons. The first-order valence-corrected chi connectivity index (χ1v) is 16.8. The van der Waals surface area contributed by atoms with E-state index in [1.165, 1.54) is 28.0 Å². The van der Waals surface area contributed by atoms with Crippen molar-refractivity contribution in [2.24, 2.45) is 0 Å². The number of nitrogens with zero attached hydrogens (tertiary/aromatic N) is 3. The summed E-state index contributed by atoms with van der Waals surface area (Å²) < 4.78 is 2.06. The van der Waals surface area contributed by atoms with Crippen LogP contribution in [0.25, 0.3) is 0 Å². The van der Waals surface area contributed by atoms with E-state index < -0.39 is 0 Å². The summed E-state index contributed by atoms with van der Waals surface area (Å²) in [6.07, 6.45) is 4.54. The molecule has 2 aromatic heterocycles. The zero-order valence-corrected chi connectivity index (χ0v) is 26.5. The van der Waals surface area contributed by atoms with Gasteiger partial charge < -0.3 is 15.2 Å². The lowest BCUT2D eigenvalue weighted by atomic mass is 9.95. The standard InChI is InChI=1S/C34H32ClN5O2S2/c35-26-17-15-25(16-18-26)21-40-29(19-23-9-3-1-4-10-23)38-39-34(40)43-22-30(41)37-33-31(27-13-7-8-14-28(27)44-33)32(42)36-20-24-11-5-2-6-12-24/h1-6,9-12,15-18H,7-8,13-14,19-22H2,(H,36,42)(H,37,41). The third-order valence-electron chi connectivity index (χ3n) is 7.53. The molecule has 7 nitrogen and oxygen atoms in total. The number of thioether (sulfide) groups is 1. The second kappa shape index (κ2) is 14.2. The van der Waals surface area contributed by atoms with Gasteiger partial charge in [-0.25, -0.2) is 0 Å². The van der Waals surface area contributed by atoms with Crippen molar-refractivity contribution in [2.75, 3.05) is 11.1 Å². The van der Waals surface area contributed by atoms with Crippen molar-refractivity contribution in [1.29, 1.82) is 0 Å². The minimum Gasteiger partial charge on any atom is -0.348 e. The van der Waals surface area contributed by atoms with Crippen molar-refractivity contribution >= 4 is 51.5 Å². The lowest BCUT2D eigenvalue weighted by molar-refractivity contribution is -0.113. The van der Waals surface area contributed by atoms with Gasteiger partial charge in [-0.15, -0.1) is 21.5 Å². The molecule has 2 heterocycles. The molecule has 5 aromatic rings. The first kappa shape index (κ1) is 30.1. The van der Waals surface area contributed by atoms with Gasteiger partial charge in [0.25, 0.3) is 5.91 Å². The molecule has 0 fully saturated rings. The van der Waals surface area contributed by atoms with Crippen molar-refractivity contribution in [3.63, 3.8) is 0 Å². The Labute approximate surface area is 270 Å². The van der Waals surface area contributed by atoms with E-state index >= 15 is 0 Å². The molecule has 0 unspecified atom stereocenters. The second-order valence-corrected chi connectivity index (χ2v) is 13.2. The zero-order valence-electron chi connectivity index (χ0n) is 24.1. The van der Waals surface area contributed by atoms with E-state index in [2.05, 4.69) is 37.5 Å². The molecular formula is C34H32ClN5O2S2. The largest absolute Gasteiger partial charge is 0.348 e. The molecule has 2 N–H and O–H groups in total. The number of benzene rings is 3. The Hall–Kier alpha value is -3.92. The number of aryl methyl sites for hydroxylation is 1. The molecule has 0 aliphatic heterocycles. The fraction of sp³-hybridized carbons (Fsp3) is 0.235. The third kappa shape index (κ3) is 7.41. The van der Waals surface area contributed by atoms with Crippen LogP contribution in [0.4, 0.5) is 5.00 Å². The first-order valence-electron chi connectivity index (χ1n) is 14.6. The van der Waals surface area contributed by atoms with Gasteiger partial charge in [-0.2, -0.15) is 0 Å². The Morgan fingerprint density at radius 2 is 1.57 bits per heavy atom. The highest BCUT2D eigenvalue weighted by molar-refractivity contribution is 7.99. The molecular weight excluding hydrogens is 610 g/mol. The minimum absolute atomic E-state index is 0.137. The summed E-state index contributed by atoms with van der Waals surface area (Å²) in [5, 5.41) is 17.1. The number of carbonyl (C=O) groups is 2. The van der Waals surface area contributed by atoms with E-state index in [-0.39, 0.29) is 17.6 Å². The molecule has 44 heavy (non-hydrogen) atoms. The highest BCUT2D eigenvalue weighted by Crippen LogP contribution is 2.38. The molecule has 0 bridgehead atoms. The Bertz CT molecular complexity index is 1740. The normalized spacial score (nSPS) is 12.5. The number of anilines is 1. The van der Waals surface area contributed by atoms with Crippen molar-refractivity contribution in [1.82, 2.24) is 20.1 Å². The van der Waals surface area contributed by atoms with E-state index in [4.69, 9.17) is 11.6 Å². The van der Waals surface area contributed by atoms with Crippen molar-refractivity contribution < 1.29 is 9.59 Å². The Kier molecular flexibility index (Phi) is 9.75. The van der Waals surface area contributed by atoms with E-state index in [1.807, 2.05) is 72.8 Å². The monoisotopic (exact) mass is 641 g/mol. The van der Waals surface area contributed by atoms with Crippen LogP contribution in [0.2, 0.25) is 5.02 Å². The van der Waals surface area contributed by atoms with E-state index in [1.54, 1.807) is 0 Å². The van der Waals surface area contributed by atoms with Gasteiger partial charge in [-0.3, -0.25) is 9.59 Å². The maximum absolute atomic E-state index is 13.4. The summed E-state index contributed by atoms with van der Waals surface area (Å²) in [6, 6.07) is 27.7. The van der Waals surface area contributed by atoms with E-state index in [0.717, 1.165) is 53.8 Å². The smallest absolute Gasteiger partial charge is 0.254 e. The fourth-order valence-corrected chi connectivity index (χ4v) is 7.51. The summed E-state index contributed by atoms with van der Waals surface area (Å²) in [4.78, 5) is 28.0. The van der Waals surface area contributed by atoms with Gasteiger partial charge in [0.1, 0.15) is 10.8 Å². The Morgan fingerprint density at radius 1 is 0.864 bits per heavy atom. The van der Waals surface area contributed by atoms with Crippen LogP contribution < -0.4 is 10.6 Å². The van der Waals surface area contributed by atoms with E-state index in [9.17, 15) is 9.59 Å². The predicted molar refractivity (Wildman–Crippen MR) is 178 cm³/mol. The molecule has 2 amide bonds. The summed E-state index contributed by atoms with van der Waals surface area (Å²) in [5.41, 5.74) is 4.90. The molecule has 6 rings (SSSR count). The summed E-state index contributed by atoms with van der Waals surface area (Å²) in [6.45, 7) is 0.988. The fourth-order valence-electron chi connectivity index (χ4n) is 5.32. The summed E-state index contributed by atoms with van der Waals surface area (Å²) >= 11 is 8.99. The highest BCUT2D eigenvalue weighted by atomic mass is 35.5. The number of rotatable bonds is 11. The van der Waals surface area contributed by atoms with Crippen molar-refractivity contribution in [2.45, 2.75) is 50.4 Å². The number of aromatic nitrogens is 3. The lowest BCUT2D eigenvalue weighted by Crippen LogP contribution is -2.25. The molecule has 0 saturated carbocycles. The van der Waals surface area contributed by atoms with Crippen LogP contribution in [0.1, 0.15) is 56.2 Å². The zero-order chi connectivity index (χ0) is 30.3. The van der Waals surface area contributed by atoms with E-state index in [0.29, 0.717) is 40.3 Å². The maximum Gasteiger partial charge on any atom is 0.254 e. The van der Waals surface area contributed by atoms with Gasteiger partial charge in [0.05, 0.1) is 17.9 Å². The lowest BCUT2D eigenvalue weighted by Gasteiger charge is -2.13. The molecule has 0 atom stereocenters. The Balaban J connectivity index is 1.18. The number of hydrogen-bond donors (Lipinski definition) is 2. The molecule has 0 spiro atoms. The van der Waals surface area contributed by atoms with Crippen LogP contribution in [0.3, 0.4) is 0 Å². The molecule has 10 heteroatoms. The first-order chi connectivity index (χ1) is 21.5. The number of fused-ring (bicyclic) bond motifs is 1. The second-order valence-electron chi connectivity index (χ2n) is 10.7. The number of carbonyl (C=O) groups excluding carboxylic acids is 2. The van der Waals surface area contributed by atoms with Gasteiger partial charge in [-0.1, -0.05) is 96.2 Å². The molecule has 0 saturated heterocycles. The van der Waals surface area contributed by atoms with Crippen LogP contribution >= 0.6 is 34.7 Å². The number of thiophene rings is 1. The van der Waals surface area contributed by atoms with Crippen molar-refractivity contribution in [3.8, 4) is 0 Å². The molecule has 3 aromatic carbocycles. The van der Waals surface area contributed by atoms with Gasteiger partial charge >= 0.3 is 0 Å². The molecule has 1 aliphatic rings. The number of hydrogen-bond acceptors (Lipinski definition) is 6. The maximum atomic E-state index is 13.4. The van der Waals surface area contributed by atoms with Crippen LogP contribution in [0.5, 0.6) is 0 Å². The van der Waals surface area contributed by atoms with Crippen molar-refractivity contribution in [3.05, 3.63) is 128 Å². The van der Waals surface area contributed by atoms with Crippen LogP contribution in [0, 0.1) is 0 Å². The summed E-state index contributed by atoms with van der Waals surface area (Å²) in [7, 11) is 0. The average molecular weight is 642 g/mol. The van der Waals surface area contributed by atoms with Gasteiger partial charge in [0, 0.05) is 22.9 Å². The number of amides is 2. The topological polar surface area (TPSA) is 88.9 Å². The molecule has 1 aliphatic carbocycles. The van der Waals surface area contributed by atoms with Gasteiger partial charge in [0.15, 0.2) is 5.16 Å². The minimum atomic E-state index is -0.184. The van der Waals surface area contributed by atoms with Crippen LogP contribution in [0.15, 0.2) is 90.1 Å². The third-order valence-corrected chi connectivity index (χ3v) is 9.96. The highest BCUT2D eigenvalue weighted by Gasteiger charge is 2.26.